The number of amides is 1. The van der Waals surface area contributed by atoms with Crippen LogP contribution in [0, 0.1) is 0 Å². The van der Waals surface area contributed by atoms with Crippen LogP contribution in [0.15, 0.2) is 24.3 Å². The van der Waals surface area contributed by atoms with E-state index in [0.29, 0.717) is 13.0 Å². The SMILES string of the molecule is O=C1N[C@@H](c2ccccc2O)CCO1. The number of ether oxygens (including phenoxy) is 1. The van der Waals surface area contributed by atoms with Crippen LogP contribution >= 0.6 is 0 Å². The van der Waals surface area contributed by atoms with Crippen LogP contribution in [-0.4, -0.2) is 17.8 Å². The van der Waals surface area contributed by atoms with E-state index in [1.54, 1.807) is 18.2 Å². The van der Waals surface area contributed by atoms with E-state index in [0.717, 1.165) is 5.56 Å². The fraction of sp³-hybridized carbons (Fsp3) is 0.300. The zero-order valence-corrected chi connectivity index (χ0v) is 7.56. The van der Waals surface area contributed by atoms with Crippen LogP contribution in [0.4, 0.5) is 4.79 Å². The Morgan fingerprint density at radius 1 is 1.43 bits per heavy atom. The number of hydrogen-bond donors (Lipinski definition) is 2. The molecule has 0 aromatic heterocycles. The third-order valence-electron chi connectivity index (χ3n) is 2.24. The third kappa shape index (κ3) is 1.64. The summed E-state index contributed by atoms with van der Waals surface area (Å²) in [6.07, 6.45) is 0.257. The molecular formula is C10H11NO3. The third-order valence-corrected chi connectivity index (χ3v) is 2.24. The number of cyclic esters (lactones) is 1. The highest BCUT2D eigenvalue weighted by atomic mass is 16.5. The van der Waals surface area contributed by atoms with Gasteiger partial charge in [0.2, 0.25) is 0 Å². The normalized spacial score (nSPS) is 21.1. The number of carbonyl (C=O) groups excluding carboxylic acids is 1. The molecule has 2 rings (SSSR count). The first-order valence-corrected chi connectivity index (χ1v) is 4.48. The fourth-order valence-corrected chi connectivity index (χ4v) is 1.54. The lowest BCUT2D eigenvalue weighted by Crippen LogP contribution is -2.35. The van der Waals surface area contributed by atoms with Gasteiger partial charge in [-0.1, -0.05) is 18.2 Å². The molecule has 0 radical (unpaired) electrons. The predicted molar refractivity (Wildman–Crippen MR) is 49.9 cm³/mol. The highest BCUT2D eigenvalue weighted by molar-refractivity contribution is 5.68. The molecule has 0 spiro atoms. The summed E-state index contributed by atoms with van der Waals surface area (Å²) in [5.41, 5.74) is 0.740. The van der Waals surface area contributed by atoms with Crippen LogP contribution in [0.25, 0.3) is 0 Å². The van der Waals surface area contributed by atoms with Crippen LogP contribution in [-0.2, 0) is 4.74 Å². The molecule has 74 valence electrons. The molecule has 1 amide bonds. The van der Waals surface area contributed by atoms with Gasteiger partial charge in [-0.05, 0) is 6.07 Å². The van der Waals surface area contributed by atoms with E-state index >= 15 is 0 Å². The van der Waals surface area contributed by atoms with Gasteiger partial charge in [0.15, 0.2) is 0 Å². The maximum Gasteiger partial charge on any atom is 0.407 e. The molecule has 14 heavy (non-hydrogen) atoms. The van der Waals surface area contributed by atoms with Crippen LogP contribution in [0.1, 0.15) is 18.0 Å². The van der Waals surface area contributed by atoms with Gasteiger partial charge in [0.05, 0.1) is 12.6 Å². The minimum atomic E-state index is -0.426. The van der Waals surface area contributed by atoms with Crippen molar-refractivity contribution in [3.05, 3.63) is 29.8 Å². The average Bonchev–Trinajstić information content (AvgIpc) is 2.18. The zero-order valence-electron chi connectivity index (χ0n) is 7.56. The Labute approximate surface area is 81.5 Å². The smallest absolute Gasteiger partial charge is 0.407 e. The van der Waals surface area contributed by atoms with Gasteiger partial charge < -0.3 is 15.2 Å². The zero-order chi connectivity index (χ0) is 9.97. The van der Waals surface area contributed by atoms with Gasteiger partial charge in [0.25, 0.3) is 0 Å². The molecule has 0 bridgehead atoms. The molecule has 4 heteroatoms. The van der Waals surface area contributed by atoms with Crippen LogP contribution in [0.5, 0.6) is 5.75 Å². The summed E-state index contributed by atoms with van der Waals surface area (Å²) in [7, 11) is 0. The number of hydrogen-bond acceptors (Lipinski definition) is 3. The second-order valence-electron chi connectivity index (χ2n) is 3.18. The van der Waals surface area contributed by atoms with E-state index in [-0.39, 0.29) is 11.8 Å². The molecule has 4 nitrogen and oxygen atoms in total. The number of para-hydroxylation sites is 1. The van der Waals surface area contributed by atoms with Crippen molar-refractivity contribution in [3.63, 3.8) is 0 Å². The molecule has 1 aliphatic rings. The largest absolute Gasteiger partial charge is 0.508 e. The first kappa shape index (κ1) is 8.87. The summed E-state index contributed by atoms with van der Waals surface area (Å²) in [6, 6.07) is 6.84. The molecule has 1 aromatic rings. The first-order valence-electron chi connectivity index (χ1n) is 4.48. The summed E-state index contributed by atoms with van der Waals surface area (Å²) in [5, 5.41) is 12.2. The maximum absolute atomic E-state index is 10.9. The number of alkyl carbamates (subject to hydrolysis) is 1. The van der Waals surface area contributed by atoms with Crippen molar-refractivity contribution in [3.8, 4) is 5.75 Å². The van der Waals surface area contributed by atoms with Gasteiger partial charge in [0.1, 0.15) is 5.75 Å². The topological polar surface area (TPSA) is 58.6 Å². The summed E-state index contributed by atoms with van der Waals surface area (Å²) >= 11 is 0. The van der Waals surface area contributed by atoms with Crippen LogP contribution in [0.3, 0.4) is 0 Å². The average molecular weight is 193 g/mol. The van der Waals surface area contributed by atoms with Gasteiger partial charge in [-0.2, -0.15) is 0 Å². The Kier molecular flexibility index (Phi) is 2.26. The monoisotopic (exact) mass is 193 g/mol. The van der Waals surface area contributed by atoms with Crippen molar-refractivity contribution < 1.29 is 14.6 Å². The van der Waals surface area contributed by atoms with Crippen molar-refractivity contribution in [1.29, 1.82) is 0 Å². The molecule has 1 aliphatic heterocycles. The molecule has 1 atom stereocenters. The number of benzene rings is 1. The minimum Gasteiger partial charge on any atom is -0.508 e. The maximum atomic E-state index is 10.9. The fourth-order valence-electron chi connectivity index (χ4n) is 1.54. The lowest BCUT2D eigenvalue weighted by molar-refractivity contribution is 0.115. The first-order chi connectivity index (χ1) is 6.77. The molecule has 0 saturated carbocycles. The van der Waals surface area contributed by atoms with E-state index in [1.165, 1.54) is 0 Å². The van der Waals surface area contributed by atoms with Gasteiger partial charge in [-0.25, -0.2) is 4.79 Å². The van der Waals surface area contributed by atoms with E-state index in [4.69, 9.17) is 4.74 Å². The second kappa shape index (κ2) is 3.57. The molecule has 1 saturated heterocycles. The number of carbonyl (C=O) groups is 1. The Hall–Kier alpha value is -1.71. The Balaban J connectivity index is 2.22. The summed E-state index contributed by atoms with van der Waals surface area (Å²) < 4.78 is 4.74. The number of phenols is 1. The summed E-state index contributed by atoms with van der Waals surface area (Å²) in [6.45, 7) is 0.394. The second-order valence-corrected chi connectivity index (χ2v) is 3.18. The molecule has 1 fully saturated rings. The van der Waals surface area contributed by atoms with Crippen molar-refractivity contribution in [2.24, 2.45) is 0 Å². The van der Waals surface area contributed by atoms with Crippen molar-refractivity contribution >= 4 is 6.09 Å². The molecule has 2 N–H and O–H groups in total. The van der Waals surface area contributed by atoms with Crippen molar-refractivity contribution in [2.75, 3.05) is 6.61 Å². The molecule has 1 heterocycles. The van der Waals surface area contributed by atoms with E-state index in [9.17, 15) is 9.90 Å². The number of rotatable bonds is 1. The Morgan fingerprint density at radius 3 is 2.93 bits per heavy atom. The van der Waals surface area contributed by atoms with Gasteiger partial charge >= 0.3 is 6.09 Å². The summed E-state index contributed by atoms with van der Waals surface area (Å²) in [5.74, 6) is 0.208. The number of phenolic OH excluding ortho intramolecular Hbond substituents is 1. The van der Waals surface area contributed by atoms with E-state index in [1.807, 2.05) is 6.07 Å². The molecule has 0 aliphatic carbocycles. The van der Waals surface area contributed by atoms with E-state index < -0.39 is 6.09 Å². The van der Waals surface area contributed by atoms with Crippen molar-refractivity contribution in [2.45, 2.75) is 12.5 Å². The van der Waals surface area contributed by atoms with Crippen LogP contribution in [0.2, 0.25) is 0 Å². The molecule has 1 aromatic carbocycles. The highest BCUT2D eigenvalue weighted by Crippen LogP contribution is 2.27. The molecular weight excluding hydrogens is 182 g/mol. The Bertz CT molecular complexity index is 351. The van der Waals surface area contributed by atoms with Crippen molar-refractivity contribution in [1.82, 2.24) is 5.32 Å². The Morgan fingerprint density at radius 2 is 2.21 bits per heavy atom. The van der Waals surface area contributed by atoms with Crippen LogP contribution < -0.4 is 5.32 Å². The molecule has 0 unspecified atom stereocenters. The lowest BCUT2D eigenvalue weighted by Gasteiger charge is -2.24. The summed E-state index contributed by atoms with van der Waals surface area (Å²) in [4.78, 5) is 10.9. The van der Waals surface area contributed by atoms with E-state index in [2.05, 4.69) is 5.32 Å². The standard InChI is InChI=1S/C10H11NO3/c12-9-4-2-1-3-7(9)8-5-6-14-10(13)11-8/h1-4,8,12H,5-6H2,(H,11,13)/t8-/m1/s1. The number of nitrogens with one attached hydrogen (secondary N) is 1. The lowest BCUT2D eigenvalue weighted by atomic mass is 10.0. The van der Waals surface area contributed by atoms with Gasteiger partial charge in [-0.15, -0.1) is 0 Å². The number of aromatic hydroxyl groups is 1. The highest BCUT2D eigenvalue weighted by Gasteiger charge is 2.22. The van der Waals surface area contributed by atoms with Gasteiger partial charge in [0, 0.05) is 12.0 Å². The minimum absolute atomic E-state index is 0.141. The predicted octanol–water partition coefficient (Wildman–Crippen LogP) is 1.56. The van der Waals surface area contributed by atoms with Gasteiger partial charge in [-0.3, -0.25) is 0 Å². The quantitative estimate of drug-likeness (QED) is 0.711.